The number of thioether (sulfide) groups is 1. The molecule has 1 aromatic carbocycles. The highest BCUT2D eigenvalue weighted by Crippen LogP contribution is 2.12. The van der Waals surface area contributed by atoms with Crippen molar-refractivity contribution in [1.29, 1.82) is 0 Å². The summed E-state index contributed by atoms with van der Waals surface area (Å²) in [6.45, 7) is 3.40. The standard InChI is InChI=1S/C13H17NO2S/c1-10-2-4-11(5-3-10)8-17-9-13(15)14-12-6-16-7-12/h2-5,12H,6-9H2,1H3,(H,14,15). The van der Waals surface area contributed by atoms with Crippen molar-refractivity contribution in [3.05, 3.63) is 35.4 Å². The van der Waals surface area contributed by atoms with Gasteiger partial charge in [0.05, 0.1) is 25.0 Å². The lowest BCUT2D eigenvalue weighted by molar-refractivity contribution is -0.122. The largest absolute Gasteiger partial charge is 0.377 e. The van der Waals surface area contributed by atoms with Crippen LogP contribution in [0.3, 0.4) is 0 Å². The molecule has 3 nitrogen and oxygen atoms in total. The highest BCUT2D eigenvalue weighted by Gasteiger charge is 2.19. The summed E-state index contributed by atoms with van der Waals surface area (Å²) in [5, 5.41) is 2.93. The first-order valence-electron chi connectivity index (χ1n) is 5.74. The average molecular weight is 251 g/mol. The van der Waals surface area contributed by atoms with Crippen LogP contribution < -0.4 is 5.32 Å². The van der Waals surface area contributed by atoms with E-state index in [-0.39, 0.29) is 11.9 Å². The molecule has 1 aliphatic rings. The Morgan fingerprint density at radius 1 is 1.41 bits per heavy atom. The topological polar surface area (TPSA) is 38.3 Å². The van der Waals surface area contributed by atoms with E-state index in [2.05, 4.69) is 36.5 Å². The van der Waals surface area contributed by atoms with Crippen molar-refractivity contribution < 1.29 is 9.53 Å². The monoisotopic (exact) mass is 251 g/mol. The maximum atomic E-state index is 11.5. The second-order valence-corrected chi connectivity index (χ2v) is 5.27. The number of nitrogens with one attached hydrogen (secondary N) is 1. The summed E-state index contributed by atoms with van der Waals surface area (Å²) >= 11 is 1.64. The van der Waals surface area contributed by atoms with Gasteiger partial charge in [-0.05, 0) is 12.5 Å². The molecule has 1 saturated heterocycles. The van der Waals surface area contributed by atoms with Crippen LogP contribution in [0.25, 0.3) is 0 Å². The molecule has 17 heavy (non-hydrogen) atoms. The lowest BCUT2D eigenvalue weighted by atomic mass is 10.2. The molecule has 1 aliphatic heterocycles. The van der Waals surface area contributed by atoms with Gasteiger partial charge in [0.25, 0.3) is 0 Å². The van der Waals surface area contributed by atoms with E-state index in [0.29, 0.717) is 19.0 Å². The van der Waals surface area contributed by atoms with E-state index >= 15 is 0 Å². The first-order valence-corrected chi connectivity index (χ1v) is 6.90. The van der Waals surface area contributed by atoms with Crippen molar-refractivity contribution in [2.45, 2.75) is 18.7 Å². The van der Waals surface area contributed by atoms with Crippen molar-refractivity contribution in [1.82, 2.24) is 5.32 Å². The van der Waals surface area contributed by atoms with Gasteiger partial charge in [-0.2, -0.15) is 0 Å². The van der Waals surface area contributed by atoms with E-state index in [0.717, 1.165) is 5.75 Å². The van der Waals surface area contributed by atoms with E-state index in [1.807, 2.05) is 0 Å². The van der Waals surface area contributed by atoms with E-state index in [1.165, 1.54) is 11.1 Å². The first kappa shape index (κ1) is 12.5. The Morgan fingerprint density at radius 3 is 2.71 bits per heavy atom. The van der Waals surface area contributed by atoms with Crippen LogP contribution in [0.1, 0.15) is 11.1 Å². The van der Waals surface area contributed by atoms with E-state index in [1.54, 1.807) is 11.8 Å². The number of rotatable bonds is 5. The minimum absolute atomic E-state index is 0.107. The average Bonchev–Trinajstić information content (AvgIpc) is 2.26. The molecule has 0 spiro atoms. The highest BCUT2D eigenvalue weighted by molar-refractivity contribution is 7.99. The molecule has 1 N–H and O–H groups in total. The quantitative estimate of drug-likeness (QED) is 0.866. The Bertz CT molecular complexity index is 374. The molecular weight excluding hydrogens is 234 g/mol. The van der Waals surface area contributed by atoms with Crippen LogP contribution in [0, 0.1) is 6.92 Å². The van der Waals surface area contributed by atoms with Gasteiger partial charge in [0.15, 0.2) is 0 Å². The van der Waals surface area contributed by atoms with E-state index in [4.69, 9.17) is 4.74 Å². The maximum Gasteiger partial charge on any atom is 0.230 e. The van der Waals surface area contributed by atoms with Crippen LogP contribution in [0.2, 0.25) is 0 Å². The summed E-state index contributed by atoms with van der Waals surface area (Å²) in [6.07, 6.45) is 0. The predicted octanol–water partition coefficient (Wildman–Crippen LogP) is 1.74. The third-order valence-corrected chi connectivity index (χ3v) is 3.63. The number of carbonyl (C=O) groups is 1. The number of carbonyl (C=O) groups excluding carboxylic acids is 1. The van der Waals surface area contributed by atoms with Crippen molar-refractivity contribution in [2.75, 3.05) is 19.0 Å². The number of amides is 1. The fraction of sp³-hybridized carbons (Fsp3) is 0.462. The lowest BCUT2D eigenvalue weighted by Crippen LogP contribution is -2.49. The third-order valence-electron chi connectivity index (χ3n) is 2.63. The molecule has 1 heterocycles. The number of hydrogen-bond donors (Lipinski definition) is 1. The fourth-order valence-corrected chi connectivity index (χ4v) is 2.33. The smallest absolute Gasteiger partial charge is 0.230 e. The van der Waals surface area contributed by atoms with Gasteiger partial charge in [0, 0.05) is 5.75 Å². The molecule has 0 saturated carbocycles. The number of benzene rings is 1. The molecular formula is C13H17NO2S. The minimum atomic E-state index is 0.107. The van der Waals surface area contributed by atoms with Crippen LogP contribution in [-0.4, -0.2) is 30.9 Å². The molecule has 92 valence electrons. The second-order valence-electron chi connectivity index (χ2n) is 4.28. The van der Waals surface area contributed by atoms with Gasteiger partial charge in [0.2, 0.25) is 5.91 Å². The van der Waals surface area contributed by atoms with Gasteiger partial charge in [0.1, 0.15) is 0 Å². The van der Waals surface area contributed by atoms with Crippen LogP contribution in [0.15, 0.2) is 24.3 Å². The zero-order valence-electron chi connectivity index (χ0n) is 9.94. The molecule has 4 heteroatoms. The summed E-state index contributed by atoms with van der Waals surface area (Å²) in [5.41, 5.74) is 2.53. The highest BCUT2D eigenvalue weighted by atomic mass is 32.2. The predicted molar refractivity (Wildman–Crippen MR) is 70.1 cm³/mol. The molecule has 0 aromatic heterocycles. The van der Waals surface area contributed by atoms with Crippen LogP contribution >= 0.6 is 11.8 Å². The van der Waals surface area contributed by atoms with E-state index < -0.39 is 0 Å². The molecule has 0 radical (unpaired) electrons. The van der Waals surface area contributed by atoms with Crippen molar-refractivity contribution in [2.24, 2.45) is 0 Å². The molecule has 0 unspecified atom stereocenters. The Morgan fingerprint density at radius 2 is 2.12 bits per heavy atom. The molecule has 1 fully saturated rings. The SMILES string of the molecule is Cc1ccc(CSCC(=O)NC2COC2)cc1. The summed E-state index contributed by atoms with van der Waals surface area (Å²) in [6, 6.07) is 8.66. The summed E-state index contributed by atoms with van der Waals surface area (Å²) in [5.74, 6) is 1.51. The van der Waals surface area contributed by atoms with Crippen LogP contribution in [0.5, 0.6) is 0 Å². The van der Waals surface area contributed by atoms with Gasteiger partial charge in [-0.15, -0.1) is 11.8 Å². The zero-order valence-corrected chi connectivity index (χ0v) is 10.8. The van der Waals surface area contributed by atoms with E-state index in [9.17, 15) is 4.79 Å². The van der Waals surface area contributed by atoms with Crippen LogP contribution in [0.4, 0.5) is 0 Å². The second kappa shape index (κ2) is 6.07. The molecule has 0 aliphatic carbocycles. The van der Waals surface area contributed by atoms with Gasteiger partial charge < -0.3 is 10.1 Å². The van der Waals surface area contributed by atoms with Gasteiger partial charge in [-0.1, -0.05) is 29.8 Å². The number of hydrogen-bond acceptors (Lipinski definition) is 3. The Kier molecular flexibility index (Phi) is 4.45. The van der Waals surface area contributed by atoms with Crippen molar-refractivity contribution in [3.63, 3.8) is 0 Å². The molecule has 1 amide bonds. The first-order chi connectivity index (χ1) is 8.24. The van der Waals surface area contributed by atoms with Crippen LogP contribution in [-0.2, 0) is 15.3 Å². The summed E-state index contributed by atoms with van der Waals surface area (Å²) in [4.78, 5) is 11.5. The van der Waals surface area contributed by atoms with Gasteiger partial charge in [-0.3, -0.25) is 4.79 Å². The third kappa shape index (κ3) is 4.06. The van der Waals surface area contributed by atoms with Gasteiger partial charge >= 0.3 is 0 Å². The zero-order chi connectivity index (χ0) is 12.1. The Balaban J connectivity index is 1.64. The van der Waals surface area contributed by atoms with Crippen molar-refractivity contribution >= 4 is 17.7 Å². The fourth-order valence-electron chi connectivity index (χ4n) is 1.53. The Hall–Kier alpha value is -1.00. The molecule has 0 atom stereocenters. The molecule has 2 rings (SSSR count). The summed E-state index contributed by atoms with van der Waals surface area (Å²) < 4.78 is 5.00. The number of ether oxygens (including phenoxy) is 1. The molecule has 0 bridgehead atoms. The minimum Gasteiger partial charge on any atom is -0.377 e. The normalized spacial score (nSPS) is 15.4. The lowest BCUT2D eigenvalue weighted by Gasteiger charge is -2.26. The maximum absolute atomic E-state index is 11.5. The van der Waals surface area contributed by atoms with Gasteiger partial charge in [-0.25, -0.2) is 0 Å². The Labute approximate surface area is 106 Å². The molecule has 1 aromatic rings. The number of aryl methyl sites for hydroxylation is 1. The van der Waals surface area contributed by atoms with Crippen molar-refractivity contribution in [3.8, 4) is 0 Å². The summed E-state index contributed by atoms with van der Waals surface area (Å²) in [7, 11) is 0.